The Hall–Kier alpha value is -3.15. The quantitative estimate of drug-likeness (QED) is 0.779. The highest BCUT2D eigenvalue weighted by atomic mass is 16.3. The molecule has 6 heteroatoms. The number of nitrogens with zero attached hydrogens (tertiary/aromatic N) is 2. The van der Waals surface area contributed by atoms with Crippen molar-refractivity contribution in [2.24, 2.45) is 7.05 Å². The van der Waals surface area contributed by atoms with Crippen LogP contribution in [0, 0.1) is 0 Å². The van der Waals surface area contributed by atoms with Crippen molar-refractivity contribution in [3.63, 3.8) is 0 Å². The minimum absolute atomic E-state index is 0.150. The molecule has 2 heterocycles. The topological polar surface area (TPSA) is 77.1 Å². The number of carbonyl (C=O) groups is 1. The molecular formula is C18H17N3O3. The molecule has 24 heavy (non-hydrogen) atoms. The lowest BCUT2D eigenvalue weighted by Gasteiger charge is -2.05. The molecule has 3 rings (SSSR count). The van der Waals surface area contributed by atoms with E-state index in [2.05, 4.69) is 10.3 Å². The maximum absolute atomic E-state index is 12.1. The van der Waals surface area contributed by atoms with Crippen molar-refractivity contribution in [2.45, 2.75) is 6.42 Å². The monoisotopic (exact) mass is 323 g/mol. The van der Waals surface area contributed by atoms with Crippen molar-refractivity contribution in [2.75, 3.05) is 6.54 Å². The zero-order valence-corrected chi connectivity index (χ0v) is 13.2. The number of carbonyl (C=O) groups excluding carboxylic acids is 1. The van der Waals surface area contributed by atoms with Crippen LogP contribution in [0.4, 0.5) is 0 Å². The van der Waals surface area contributed by atoms with Crippen LogP contribution >= 0.6 is 0 Å². The summed E-state index contributed by atoms with van der Waals surface area (Å²) in [5, 5.41) is 2.81. The van der Waals surface area contributed by atoms with Crippen molar-refractivity contribution < 1.29 is 9.21 Å². The van der Waals surface area contributed by atoms with Gasteiger partial charge in [-0.05, 0) is 18.2 Å². The van der Waals surface area contributed by atoms with E-state index in [0.29, 0.717) is 24.4 Å². The third-order valence-electron chi connectivity index (χ3n) is 3.59. The third kappa shape index (κ3) is 3.60. The summed E-state index contributed by atoms with van der Waals surface area (Å²) in [7, 11) is 1.61. The van der Waals surface area contributed by atoms with Crippen LogP contribution in [0.1, 0.15) is 16.1 Å². The van der Waals surface area contributed by atoms with Gasteiger partial charge in [0.15, 0.2) is 0 Å². The fraction of sp³-hybridized carbons (Fsp3) is 0.167. The van der Waals surface area contributed by atoms with Gasteiger partial charge in [0.1, 0.15) is 6.26 Å². The van der Waals surface area contributed by atoms with Crippen molar-refractivity contribution in [1.29, 1.82) is 0 Å². The Morgan fingerprint density at radius 2 is 2.00 bits per heavy atom. The molecule has 1 aromatic carbocycles. The van der Waals surface area contributed by atoms with Crippen LogP contribution in [0.15, 0.2) is 64.1 Å². The Bertz CT molecular complexity index is 897. The molecule has 0 bridgehead atoms. The van der Waals surface area contributed by atoms with Gasteiger partial charge in [-0.15, -0.1) is 0 Å². The SMILES string of the molecule is Cn1cc(C(=O)NCCc2coc(-c3ccccc3)n2)ccc1=O. The Balaban J connectivity index is 1.57. The molecule has 0 unspecified atom stereocenters. The van der Waals surface area contributed by atoms with Gasteiger partial charge < -0.3 is 14.3 Å². The number of rotatable bonds is 5. The second-order valence-electron chi connectivity index (χ2n) is 5.38. The van der Waals surface area contributed by atoms with Crippen molar-refractivity contribution >= 4 is 5.91 Å². The fourth-order valence-electron chi connectivity index (χ4n) is 2.27. The number of amides is 1. The van der Waals surface area contributed by atoms with E-state index in [1.54, 1.807) is 13.3 Å². The van der Waals surface area contributed by atoms with Crippen molar-refractivity contribution in [3.8, 4) is 11.5 Å². The first kappa shape index (κ1) is 15.7. The number of aryl methyl sites for hydroxylation is 1. The Morgan fingerprint density at radius 3 is 2.75 bits per heavy atom. The van der Waals surface area contributed by atoms with Crippen LogP contribution in [0.25, 0.3) is 11.5 Å². The smallest absolute Gasteiger partial charge is 0.252 e. The fourth-order valence-corrected chi connectivity index (χ4v) is 2.27. The molecule has 0 radical (unpaired) electrons. The van der Waals surface area contributed by atoms with E-state index in [-0.39, 0.29) is 11.5 Å². The molecule has 1 amide bonds. The number of nitrogens with one attached hydrogen (secondary N) is 1. The highest BCUT2D eigenvalue weighted by Crippen LogP contribution is 2.17. The Labute approximate surface area is 138 Å². The van der Waals surface area contributed by atoms with Crippen molar-refractivity contribution in [3.05, 3.63) is 76.5 Å². The molecule has 6 nitrogen and oxygen atoms in total. The molecule has 2 aromatic heterocycles. The van der Waals surface area contributed by atoms with Gasteiger partial charge in [-0.3, -0.25) is 9.59 Å². The van der Waals surface area contributed by atoms with Crippen LogP contribution in [-0.2, 0) is 13.5 Å². The molecule has 0 spiro atoms. The average Bonchev–Trinajstić information content (AvgIpc) is 3.07. The van der Waals surface area contributed by atoms with Crippen LogP contribution in [0.3, 0.4) is 0 Å². The van der Waals surface area contributed by atoms with Gasteiger partial charge in [0, 0.05) is 37.8 Å². The van der Waals surface area contributed by atoms with Gasteiger partial charge in [0.05, 0.1) is 11.3 Å². The molecule has 0 aliphatic carbocycles. The second kappa shape index (κ2) is 6.95. The van der Waals surface area contributed by atoms with Gasteiger partial charge in [-0.25, -0.2) is 4.98 Å². The first-order chi connectivity index (χ1) is 11.6. The number of benzene rings is 1. The molecule has 122 valence electrons. The van der Waals surface area contributed by atoms with E-state index in [0.717, 1.165) is 11.3 Å². The molecule has 0 saturated carbocycles. The number of aromatic nitrogens is 2. The summed E-state index contributed by atoms with van der Waals surface area (Å²) in [5.41, 5.74) is 1.98. The van der Waals surface area contributed by atoms with Crippen molar-refractivity contribution in [1.82, 2.24) is 14.9 Å². The largest absolute Gasteiger partial charge is 0.444 e. The Morgan fingerprint density at radius 1 is 1.21 bits per heavy atom. The van der Waals surface area contributed by atoms with Gasteiger partial charge >= 0.3 is 0 Å². The summed E-state index contributed by atoms with van der Waals surface area (Å²) in [6.45, 7) is 0.433. The zero-order chi connectivity index (χ0) is 16.9. The summed E-state index contributed by atoms with van der Waals surface area (Å²) in [6, 6.07) is 12.5. The standard InChI is InChI=1S/C18H17N3O3/c1-21-11-14(7-8-16(21)22)17(23)19-10-9-15-12-24-18(20-15)13-5-3-2-4-6-13/h2-8,11-12H,9-10H2,1H3,(H,19,23). The van der Waals surface area contributed by atoms with E-state index in [9.17, 15) is 9.59 Å². The van der Waals surface area contributed by atoms with Gasteiger partial charge in [0.2, 0.25) is 11.4 Å². The van der Waals surface area contributed by atoms with E-state index < -0.39 is 0 Å². The van der Waals surface area contributed by atoms with Gasteiger partial charge in [0.25, 0.3) is 5.91 Å². The predicted molar refractivity (Wildman–Crippen MR) is 89.7 cm³/mol. The average molecular weight is 323 g/mol. The summed E-state index contributed by atoms with van der Waals surface area (Å²) in [4.78, 5) is 27.8. The molecule has 1 N–H and O–H groups in total. The maximum Gasteiger partial charge on any atom is 0.252 e. The van der Waals surface area contributed by atoms with E-state index in [1.807, 2.05) is 30.3 Å². The molecule has 0 aliphatic heterocycles. The van der Waals surface area contributed by atoms with Crippen LogP contribution < -0.4 is 10.9 Å². The predicted octanol–water partition coefficient (Wildman–Crippen LogP) is 2.01. The molecule has 0 aliphatic rings. The highest BCUT2D eigenvalue weighted by Gasteiger charge is 2.08. The first-order valence-corrected chi connectivity index (χ1v) is 7.58. The molecule has 0 fully saturated rings. The van der Waals surface area contributed by atoms with E-state index >= 15 is 0 Å². The minimum Gasteiger partial charge on any atom is -0.444 e. The number of hydrogen-bond donors (Lipinski definition) is 1. The van der Waals surface area contributed by atoms with Crippen LogP contribution in [0.2, 0.25) is 0 Å². The Kier molecular flexibility index (Phi) is 4.56. The van der Waals surface area contributed by atoms with Crippen LogP contribution in [0.5, 0.6) is 0 Å². The molecule has 0 saturated heterocycles. The highest BCUT2D eigenvalue weighted by molar-refractivity contribution is 5.93. The molecule has 0 atom stereocenters. The van der Waals surface area contributed by atoms with E-state index in [4.69, 9.17) is 4.42 Å². The summed E-state index contributed by atoms with van der Waals surface area (Å²) < 4.78 is 6.83. The first-order valence-electron chi connectivity index (χ1n) is 7.58. The summed E-state index contributed by atoms with van der Waals surface area (Å²) in [5.74, 6) is 0.340. The lowest BCUT2D eigenvalue weighted by Crippen LogP contribution is -2.27. The molecular weight excluding hydrogens is 306 g/mol. The lowest BCUT2D eigenvalue weighted by atomic mass is 10.2. The maximum atomic E-state index is 12.1. The van der Waals surface area contributed by atoms with Gasteiger partial charge in [-0.2, -0.15) is 0 Å². The summed E-state index contributed by atoms with van der Waals surface area (Å²) in [6.07, 6.45) is 3.68. The van der Waals surface area contributed by atoms with Gasteiger partial charge in [-0.1, -0.05) is 18.2 Å². The number of pyridine rings is 1. The van der Waals surface area contributed by atoms with Crippen LogP contribution in [-0.4, -0.2) is 22.0 Å². The molecule has 3 aromatic rings. The van der Waals surface area contributed by atoms with E-state index in [1.165, 1.54) is 22.9 Å². The number of hydrogen-bond acceptors (Lipinski definition) is 4. The lowest BCUT2D eigenvalue weighted by molar-refractivity contribution is 0.0953. The number of oxazole rings is 1. The normalized spacial score (nSPS) is 10.5. The zero-order valence-electron chi connectivity index (χ0n) is 13.2. The minimum atomic E-state index is -0.225. The summed E-state index contributed by atoms with van der Waals surface area (Å²) >= 11 is 0. The second-order valence-corrected chi connectivity index (χ2v) is 5.38. The third-order valence-corrected chi connectivity index (χ3v) is 3.59.